The molecular weight excluding hydrogens is 420 g/mol. The number of aromatic nitrogens is 1. The van der Waals surface area contributed by atoms with E-state index >= 15 is 0 Å². The van der Waals surface area contributed by atoms with Crippen molar-refractivity contribution in [3.63, 3.8) is 0 Å². The Balaban J connectivity index is 1.26. The summed E-state index contributed by atoms with van der Waals surface area (Å²) in [4.78, 5) is 5.05. The van der Waals surface area contributed by atoms with Crippen LogP contribution in [0.5, 0.6) is 5.75 Å². The third kappa shape index (κ3) is 4.52. The first-order valence-corrected chi connectivity index (χ1v) is 13.1. The predicted molar refractivity (Wildman–Crippen MR) is 126 cm³/mol. The van der Waals surface area contributed by atoms with Crippen molar-refractivity contribution < 1.29 is 13.2 Å². The van der Waals surface area contributed by atoms with E-state index in [4.69, 9.17) is 9.72 Å². The molecule has 0 N–H and O–H groups in total. The highest BCUT2D eigenvalue weighted by Crippen LogP contribution is 2.32. The lowest BCUT2D eigenvalue weighted by atomic mass is 9.98. The van der Waals surface area contributed by atoms with Gasteiger partial charge in [0.25, 0.3) is 0 Å². The Morgan fingerprint density at radius 3 is 2.44 bits per heavy atom. The van der Waals surface area contributed by atoms with Gasteiger partial charge >= 0.3 is 0 Å². The molecule has 32 heavy (non-hydrogen) atoms. The number of nitrogens with zero attached hydrogens (tertiary/aromatic N) is 2. The zero-order chi connectivity index (χ0) is 22.0. The lowest BCUT2D eigenvalue weighted by molar-refractivity contribution is 0.135. The fourth-order valence-corrected chi connectivity index (χ4v) is 6.55. The maximum absolute atomic E-state index is 12.9. The molecule has 0 atom stereocenters. The molecule has 6 heteroatoms. The van der Waals surface area contributed by atoms with E-state index in [1.165, 1.54) is 42.1 Å². The highest BCUT2D eigenvalue weighted by molar-refractivity contribution is 7.89. The van der Waals surface area contributed by atoms with Crippen LogP contribution in [0.2, 0.25) is 0 Å². The molecule has 3 aromatic rings. The van der Waals surface area contributed by atoms with Gasteiger partial charge in [-0.15, -0.1) is 0 Å². The van der Waals surface area contributed by atoms with Gasteiger partial charge in [0.1, 0.15) is 11.9 Å². The molecule has 1 aromatic heterocycles. The van der Waals surface area contributed by atoms with Crippen LogP contribution in [0.1, 0.15) is 44.2 Å². The molecule has 2 aromatic carbocycles. The number of pyridine rings is 1. The van der Waals surface area contributed by atoms with Gasteiger partial charge in [0, 0.05) is 30.4 Å². The van der Waals surface area contributed by atoms with E-state index in [0.29, 0.717) is 30.8 Å². The Kier molecular flexibility index (Phi) is 6.15. The van der Waals surface area contributed by atoms with Crippen LogP contribution in [0.3, 0.4) is 0 Å². The summed E-state index contributed by atoms with van der Waals surface area (Å²) in [6, 6.07) is 17.0. The van der Waals surface area contributed by atoms with Crippen molar-refractivity contribution in [2.75, 3.05) is 13.1 Å². The summed E-state index contributed by atoms with van der Waals surface area (Å²) in [7, 11) is -3.43. The van der Waals surface area contributed by atoms with Gasteiger partial charge < -0.3 is 4.74 Å². The molecule has 1 aliphatic carbocycles. The zero-order valence-corrected chi connectivity index (χ0v) is 19.1. The molecule has 5 nitrogen and oxygen atoms in total. The lowest BCUT2D eigenvalue weighted by Gasteiger charge is -2.31. The van der Waals surface area contributed by atoms with Crippen LogP contribution < -0.4 is 4.74 Å². The van der Waals surface area contributed by atoms with Crippen molar-refractivity contribution in [2.45, 2.75) is 55.9 Å². The van der Waals surface area contributed by atoms with Crippen molar-refractivity contribution in [3.05, 3.63) is 66.5 Å². The van der Waals surface area contributed by atoms with Crippen molar-refractivity contribution in [2.24, 2.45) is 5.92 Å². The average Bonchev–Trinajstić information content (AvgIpc) is 3.34. The Hall–Kier alpha value is -2.44. The van der Waals surface area contributed by atoms with Crippen LogP contribution in [-0.2, 0) is 16.4 Å². The van der Waals surface area contributed by atoms with E-state index < -0.39 is 10.0 Å². The summed E-state index contributed by atoms with van der Waals surface area (Å²) in [5, 5.41) is 2.38. The second-order valence-electron chi connectivity index (χ2n) is 9.03. The van der Waals surface area contributed by atoms with Crippen molar-refractivity contribution in [3.8, 4) is 5.75 Å². The minimum Gasteiger partial charge on any atom is -0.490 e. The normalized spacial score (nSPS) is 18.9. The second-order valence-corrected chi connectivity index (χ2v) is 11.0. The molecule has 0 amide bonds. The molecule has 1 saturated heterocycles. The molecule has 1 saturated carbocycles. The van der Waals surface area contributed by atoms with E-state index in [1.54, 1.807) is 28.6 Å². The van der Waals surface area contributed by atoms with E-state index in [-0.39, 0.29) is 6.10 Å². The minimum absolute atomic E-state index is 0.0182. The Morgan fingerprint density at radius 2 is 1.69 bits per heavy atom. The van der Waals surface area contributed by atoms with Gasteiger partial charge in [0.2, 0.25) is 10.0 Å². The second kappa shape index (κ2) is 9.20. The first kappa shape index (κ1) is 21.4. The smallest absolute Gasteiger partial charge is 0.243 e. The van der Waals surface area contributed by atoms with Crippen LogP contribution in [-0.4, -0.2) is 36.9 Å². The zero-order valence-electron chi connectivity index (χ0n) is 18.3. The standard InChI is InChI=1S/C26H30N2O3S/c29-32(30,24-8-2-1-3-9-24)28-16-13-22(14-17-28)31-23-11-10-21-12-15-27-26(25(21)19-23)18-20-6-4-5-7-20/h1-3,8-12,15,19-20,22H,4-7,13-14,16-18H2. The van der Waals surface area contributed by atoms with Gasteiger partial charge in [-0.1, -0.05) is 49.9 Å². The molecule has 2 aliphatic rings. The van der Waals surface area contributed by atoms with Crippen LogP contribution >= 0.6 is 0 Å². The van der Waals surface area contributed by atoms with Gasteiger partial charge in [0.15, 0.2) is 0 Å². The summed E-state index contributed by atoms with van der Waals surface area (Å²) < 4.78 is 33.6. The number of piperidine rings is 1. The van der Waals surface area contributed by atoms with Crippen molar-refractivity contribution in [1.29, 1.82) is 0 Å². The first-order valence-electron chi connectivity index (χ1n) is 11.7. The molecule has 0 bridgehead atoms. The summed E-state index contributed by atoms with van der Waals surface area (Å²) in [5.41, 5.74) is 1.17. The molecule has 0 spiro atoms. The highest BCUT2D eigenvalue weighted by Gasteiger charge is 2.30. The van der Waals surface area contributed by atoms with E-state index in [2.05, 4.69) is 18.2 Å². The predicted octanol–water partition coefficient (Wildman–Crippen LogP) is 5.20. The molecular formula is C26H30N2O3S. The van der Waals surface area contributed by atoms with Crippen LogP contribution in [0.25, 0.3) is 10.8 Å². The van der Waals surface area contributed by atoms with E-state index in [1.807, 2.05) is 18.3 Å². The molecule has 0 unspecified atom stereocenters. The molecule has 2 heterocycles. The summed E-state index contributed by atoms with van der Waals surface area (Å²) in [5.74, 6) is 1.59. The Morgan fingerprint density at radius 1 is 0.938 bits per heavy atom. The number of sulfonamides is 1. The van der Waals surface area contributed by atoms with Crippen LogP contribution in [0.15, 0.2) is 65.7 Å². The largest absolute Gasteiger partial charge is 0.490 e. The number of benzene rings is 2. The fourth-order valence-electron chi connectivity index (χ4n) is 5.06. The molecule has 1 aliphatic heterocycles. The number of ether oxygens (including phenoxy) is 1. The van der Waals surface area contributed by atoms with Crippen LogP contribution in [0, 0.1) is 5.92 Å². The Bertz CT molecular complexity index is 1170. The summed E-state index contributed by atoms with van der Waals surface area (Å²) in [6.07, 6.45) is 9.62. The highest BCUT2D eigenvalue weighted by atomic mass is 32.2. The molecule has 168 valence electrons. The fraction of sp³-hybridized carbons (Fsp3) is 0.423. The maximum atomic E-state index is 12.9. The van der Waals surface area contributed by atoms with Gasteiger partial charge in [-0.25, -0.2) is 8.42 Å². The number of rotatable bonds is 6. The Labute approximate surface area is 190 Å². The molecule has 0 radical (unpaired) electrons. The van der Waals surface area contributed by atoms with Gasteiger partial charge in [0.05, 0.1) is 4.90 Å². The van der Waals surface area contributed by atoms with Crippen molar-refractivity contribution >= 4 is 20.8 Å². The third-order valence-electron chi connectivity index (χ3n) is 6.86. The van der Waals surface area contributed by atoms with E-state index in [0.717, 1.165) is 18.1 Å². The maximum Gasteiger partial charge on any atom is 0.243 e. The van der Waals surface area contributed by atoms with Gasteiger partial charge in [-0.3, -0.25) is 4.98 Å². The third-order valence-corrected chi connectivity index (χ3v) is 8.77. The average molecular weight is 451 g/mol. The lowest BCUT2D eigenvalue weighted by Crippen LogP contribution is -2.41. The van der Waals surface area contributed by atoms with Crippen molar-refractivity contribution in [1.82, 2.24) is 9.29 Å². The quantitative estimate of drug-likeness (QED) is 0.518. The summed E-state index contributed by atoms with van der Waals surface area (Å²) in [6.45, 7) is 0.952. The summed E-state index contributed by atoms with van der Waals surface area (Å²) >= 11 is 0. The van der Waals surface area contributed by atoms with Gasteiger partial charge in [-0.2, -0.15) is 4.31 Å². The topological polar surface area (TPSA) is 59.5 Å². The number of fused-ring (bicyclic) bond motifs is 1. The van der Waals surface area contributed by atoms with Gasteiger partial charge in [-0.05, 0) is 60.9 Å². The molecule has 2 fully saturated rings. The molecule has 5 rings (SSSR count). The monoisotopic (exact) mass is 450 g/mol. The van der Waals surface area contributed by atoms with E-state index in [9.17, 15) is 8.42 Å². The van der Waals surface area contributed by atoms with Crippen LogP contribution in [0.4, 0.5) is 0 Å². The number of hydrogen-bond acceptors (Lipinski definition) is 4. The minimum atomic E-state index is -3.43. The SMILES string of the molecule is O=S(=O)(c1ccccc1)N1CCC(Oc2ccc3ccnc(CC4CCCC4)c3c2)CC1. The first-order chi connectivity index (χ1) is 15.6. The number of hydrogen-bond donors (Lipinski definition) is 0.